The number of amides is 1. The van der Waals surface area contributed by atoms with E-state index in [9.17, 15) is 4.79 Å². The number of anilines is 1. The number of thiophene rings is 1. The van der Waals surface area contributed by atoms with E-state index in [0.717, 1.165) is 19.5 Å². The van der Waals surface area contributed by atoms with Crippen LogP contribution >= 0.6 is 11.3 Å². The quantitative estimate of drug-likeness (QED) is 0.535. The van der Waals surface area contributed by atoms with Gasteiger partial charge in [-0.25, -0.2) is 4.99 Å². The van der Waals surface area contributed by atoms with Crippen molar-refractivity contribution >= 4 is 28.9 Å². The lowest BCUT2D eigenvalue weighted by atomic mass is 10.3. The SMILES string of the molecule is CCNC(=NCC(=O)Nc1cccnc1)NCCc1cccs1. The van der Waals surface area contributed by atoms with Gasteiger partial charge in [0, 0.05) is 24.2 Å². The predicted molar refractivity (Wildman–Crippen MR) is 94.9 cm³/mol. The van der Waals surface area contributed by atoms with Gasteiger partial charge in [0.1, 0.15) is 6.54 Å². The molecule has 0 unspecified atom stereocenters. The molecular formula is C16H21N5OS. The van der Waals surface area contributed by atoms with E-state index in [-0.39, 0.29) is 12.5 Å². The van der Waals surface area contributed by atoms with Crippen LogP contribution < -0.4 is 16.0 Å². The number of hydrogen-bond donors (Lipinski definition) is 3. The van der Waals surface area contributed by atoms with Crippen molar-refractivity contribution in [2.24, 2.45) is 4.99 Å². The molecule has 2 aromatic heterocycles. The van der Waals surface area contributed by atoms with E-state index < -0.39 is 0 Å². The second-order valence-electron chi connectivity index (χ2n) is 4.74. The van der Waals surface area contributed by atoms with Crippen molar-refractivity contribution in [1.82, 2.24) is 15.6 Å². The minimum atomic E-state index is -0.173. The molecule has 23 heavy (non-hydrogen) atoms. The van der Waals surface area contributed by atoms with Crippen molar-refractivity contribution in [3.8, 4) is 0 Å². The molecule has 122 valence electrons. The van der Waals surface area contributed by atoms with Crippen LogP contribution in [-0.2, 0) is 11.2 Å². The fourth-order valence-corrected chi connectivity index (χ4v) is 2.60. The average Bonchev–Trinajstić information content (AvgIpc) is 3.07. The molecule has 0 radical (unpaired) electrons. The number of carbonyl (C=O) groups excluding carboxylic acids is 1. The Morgan fingerprint density at radius 3 is 2.91 bits per heavy atom. The Morgan fingerprint density at radius 2 is 2.22 bits per heavy atom. The number of rotatable bonds is 7. The van der Waals surface area contributed by atoms with Gasteiger partial charge in [-0.05, 0) is 36.9 Å². The van der Waals surface area contributed by atoms with Gasteiger partial charge in [0.2, 0.25) is 5.91 Å². The topological polar surface area (TPSA) is 78.4 Å². The number of aromatic nitrogens is 1. The van der Waals surface area contributed by atoms with Crippen LogP contribution in [0.1, 0.15) is 11.8 Å². The molecule has 0 bridgehead atoms. The highest BCUT2D eigenvalue weighted by Gasteiger charge is 2.03. The largest absolute Gasteiger partial charge is 0.357 e. The molecule has 3 N–H and O–H groups in total. The summed E-state index contributed by atoms with van der Waals surface area (Å²) in [5.74, 6) is 0.471. The van der Waals surface area contributed by atoms with Gasteiger partial charge in [-0.1, -0.05) is 6.07 Å². The molecule has 7 heteroatoms. The molecular weight excluding hydrogens is 310 g/mol. The van der Waals surface area contributed by atoms with Crippen molar-refractivity contribution in [2.45, 2.75) is 13.3 Å². The van der Waals surface area contributed by atoms with Crippen molar-refractivity contribution in [3.63, 3.8) is 0 Å². The van der Waals surface area contributed by atoms with E-state index in [1.165, 1.54) is 4.88 Å². The summed E-state index contributed by atoms with van der Waals surface area (Å²) >= 11 is 1.74. The van der Waals surface area contributed by atoms with Crippen LogP contribution in [-0.4, -0.2) is 36.5 Å². The second-order valence-corrected chi connectivity index (χ2v) is 5.77. The molecule has 2 heterocycles. The summed E-state index contributed by atoms with van der Waals surface area (Å²) in [6.45, 7) is 3.57. The standard InChI is InChI=1S/C16H21N5OS/c1-2-18-16(19-9-7-14-6-4-10-23-14)20-12-15(22)21-13-5-3-8-17-11-13/h3-6,8,10-11H,2,7,9,12H2,1H3,(H,21,22)(H2,18,19,20). The second kappa shape index (κ2) is 9.58. The highest BCUT2D eigenvalue weighted by Crippen LogP contribution is 2.08. The first-order valence-electron chi connectivity index (χ1n) is 7.52. The maximum absolute atomic E-state index is 11.9. The lowest BCUT2D eigenvalue weighted by Crippen LogP contribution is -2.39. The Morgan fingerprint density at radius 1 is 1.30 bits per heavy atom. The molecule has 0 saturated carbocycles. The molecule has 6 nitrogen and oxygen atoms in total. The monoisotopic (exact) mass is 331 g/mol. The first kappa shape index (κ1) is 17.0. The first-order valence-corrected chi connectivity index (χ1v) is 8.40. The molecule has 0 saturated heterocycles. The van der Waals surface area contributed by atoms with Crippen LogP contribution in [0.3, 0.4) is 0 Å². The lowest BCUT2D eigenvalue weighted by Gasteiger charge is -2.10. The molecule has 0 aliphatic heterocycles. The zero-order valence-corrected chi connectivity index (χ0v) is 13.9. The summed E-state index contributed by atoms with van der Waals surface area (Å²) < 4.78 is 0. The Labute approximate surface area is 140 Å². The Hall–Kier alpha value is -2.41. The van der Waals surface area contributed by atoms with E-state index in [0.29, 0.717) is 11.6 Å². The van der Waals surface area contributed by atoms with Gasteiger partial charge < -0.3 is 16.0 Å². The number of nitrogens with one attached hydrogen (secondary N) is 3. The highest BCUT2D eigenvalue weighted by molar-refractivity contribution is 7.09. The van der Waals surface area contributed by atoms with E-state index in [2.05, 4.69) is 37.4 Å². The van der Waals surface area contributed by atoms with Gasteiger partial charge in [-0.2, -0.15) is 0 Å². The van der Waals surface area contributed by atoms with Crippen molar-refractivity contribution < 1.29 is 4.79 Å². The fraction of sp³-hybridized carbons (Fsp3) is 0.312. The van der Waals surface area contributed by atoms with Gasteiger partial charge in [0.25, 0.3) is 0 Å². The third kappa shape index (κ3) is 6.48. The molecule has 0 fully saturated rings. The molecule has 0 aliphatic carbocycles. The molecule has 0 atom stereocenters. The van der Waals surface area contributed by atoms with E-state index in [4.69, 9.17) is 0 Å². The van der Waals surface area contributed by atoms with Crippen LogP contribution in [0.5, 0.6) is 0 Å². The van der Waals surface area contributed by atoms with Gasteiger partial charge in [0.15, 0.2) is 5.96 Å². The number of pyridine rings is 1. The molecule has 1 amide bonds. The van der Waals surface area contributed by atoms with Gasteiger partial charge in [-0.15, -0.1) is 11.3 Å². The number of carbonyl (C=O) groups is 1. The molecule has 2 rings (SSSR count). The number of guanidine groups is 1. The molecule has 0 spiro atoms. The predicted octanol–water partition coefficient (Wildman–Crippen LogP) is 1.88. The fourth-order valence-electron chi connectivity index (χ4n) is 1.89. The number of nitrogens with zero attached hydrogens (tertiary/aromatic N) is 2. The number of hydrogen-bond acceptors (Lipinski definition) is 4. The Balaban J connectivity index is 1.79. The summed E-state index contributed by atoms with van der Waals surface area (Å²) in [6, 6.07) is 7.72. The molecule has 0 aliphatic rings. The lowest BCUT2D eigenvalue weighted by molar-refractivity contribution is -0.114. The van der Waals surface area contributed by atoms with Crippen LogP contribution in [0.25, 0.3) is 0 Å². The minimum Gasteiger partial charge on any atom is -0.357 e. The van der Waals surface area contributed by atoms with Gasteiger partial charge in [0.05, 0.1) is 11.9 Å². The summed E-state index contributed by atoms with van der Waals surface area (Å²) in [4.78, 5) is 21.5. The summed E-state index contributed by atoms with van der Waals surface area (Å²) in [6.07, 6.45) is 4.20. The normalized spacial score (nSPS) is 11.1. The first-order chi connectivity index (χ1) is 11.3. The third-order valence-electron chi connectivity index (χ3n) is 2.91. The smallest absolute Gasteiger partial charge is 0.246 e. The third-order valence-corrected chi connectivity index (χ3v) is 3.85. The van der Waals surface area contributed by atoms with Gasteiger partial charge >= 0.3 is 0 Å². The Bertz CT molecular complexity index is 613. The zero-order chi connectivity index (χ0) is 16.3. The van der Waals surface area contributed by atoms with E-state index >= 15 is 0 Å². The van der Waals surface area contributed by atoms with Crippen molar-refractivity contribution in [1.29, 1.82) is 0 Å². The Kier molecular flexibility index (Phi) is 7.06. The van der Waals surface area contributed by atoms with Crippen LogP contribution in [0.2, 0.25) is 0 Å². The number of aliphatic imine (C=N–C) groups is 1. The van der Waals surface area contributed by atoms with Crippen LogP contribution in [0, 0.1) is 0 Å². The molecule has 0 aromatic carbocycles. The summed E-state index contributed by atoms with van der Waals surface area (Å²) in [5, 5.41) is 11.2. The summed E-state index contributed by atoms with van der Waals surface area (Å²) in [5.41, 5.74) is 0.670. The van der Waals surface area contributed by atoms with Crippen molar-refractivity contribution in [3.05, 3.63) is 46.9 Å². The summed E-state index contributed by atoms with van der Waals surface area (Å²) in [7, 11) is 0. The van der Waals surface area contributed by atoms with E-state index in [1.807, 2.05) is 13.0 Å². The average molecular weight is 331 g/mol. The van der Waals surface area contributed by atoms with Gasteiger partial charge in [-0.3, -0.25) is 9.78 Å². The van der Waals surface area contributed by atoms with E-state index in [1.54, 1.807) is 35.9 Å². The molecule has 2 aromatic rings. The zero-order valence-electron chi connectivity index (χ0n) is 13.1. The highest BCUT2D eigenvalue weighted by atomic mass is 32.1. The van der Waals surface area contributed by atoms with Crippen LogP contribution in [0.15, 0.2) is 47.0 Å². The van der Waals surface area contributed by atoms with Crippen LogP contribution in [0.4, 0.5) is 5.69 Å². The maximum Gasteiger partial charge on any atom is 0.246 e. The minimum absolute atomic E-state index is 0.0588. The maximum atomic E-state index is 11.9. The van der Waals surface area contributed by atoms with Crippen molar-refractivity contribution in [2.75, 3.05) is 25.0 Å².